The number of hydrogen-bond donors (Lipinski definition) is 1. The minimum Gasteiger partial charge on any atom is -0.319 e. The zero-order valence-electron chi connectivity index (χ0n) is 8.84. The van der Waals surface area contributed by atoms with E-state index in [-0.39, 0.29) is 0 Å². The second-order valence-corrected chi connectivity index (χ2v) is 4.01. The highest BCUT2D eigenvalue weighted by Crippen LogP contribution is 2.19. The van der Waals surface area contributed by atoms with Gasteiger partial charge in [-0.15, -0.1) is 0 Å². The summed E-state index contributed by atoms with van der Waals surface area (Å²) in [6.07, 6.45) is 8.20. The summed E-state index contributed by atoms with van der Waals surface area (Å²) in [7, 11) is 1.99. The van der Waals surface area contributed by atoms with Crippen LogP contribution in [0.2, 0.25) is 0 Å². The Balaban J connectivity index is 2.12. The van der Waals surface area contributed by atoms with Crippen LogP contribution in [0.1, 0.15) is 29.7 Å². The third-order valence-electron chi connectivity index (χ3n) is 2.89. The molecule has 0 fully saturated rings. The highest BCUT2D eigenvalue weighted by atomic mass is 14.8. The van der Waals surface area contributed by atoms with E-state index in [1.807, 2.05) is 13.2 Å². The van der Waals surface area contributed by atoms with Gasteiger partial charge in [0.1, 0.15) is 0 Å². The molecule has 2 rings (SSSR count). The molecule has 0 radical (unpaired) electrons. The molecule has 0 saturated heterocycles. The van der Waals surface area contributed by atoms with E-state index in [2.05, 4.69) is 16.4 Å². The first kappa shape index (κ1) is 9.66. The van der Waals surface area contributed by atoms with Crippen LogP contribution in [-0.2, 0) is 19.3 Å². The monoisotopic (exact) mass is 190 g/mol. The number of aryl methyl sites for hydroxylation is 2. The quantitative estimate of drug-likeness (QED) is 0.785. The SMILES string of the molecule is CNCCc1cnc2c(c1)CCCC2. The zero-order chi connectivity index (χ0) is 9.80. The lowest BCUT2D eigenvalue weighted by atomic mass is 9.95. The molecule has 1 aliphatic carbocycles. The lowest BCUT2D eigenvalue weighted by molar-refractivity contribution is 0.664. The largest absolute Gasteiger partial charge is 0.319 e. The van der Waals surface area contributed by atoms with Gasteiger partial charge in [0.25, 0.3) is 0 Å². The molecule has 0 atom stereocenters. The number of aromatic nitrogens is 1. The first-order chi connectivity index (χ1) is 6.90. The van der Waals surface area contributed by atoms with E-state index in [9.17, 15) is 0 Å². The highest BCUT2D eigenvalue weighted by Gasteiger charge is 2.10. The topological polar surface area (TPSA) is 24.9 Å². The Labute approximate surface area is 85.7 Å². The molecule has 76 valence electrons. The molecule has 1 N–H and O–H groups in total. The molecule has 0 aliphatic heterocycles. The van der Waals surface area contributed by atoms with Crippen LogP contribution in [0.5, 0.6) is 0 Å². The van der Waals surface area contributed by atoms with Crippen LogP contribution in [0.4, 0.5) is 0 Å². The van der Waals surface area contributed by atoms with E-state index in [4.69, 9.17) is 0 Å². The van der Waals surface area contributed by atoms with Gasteiger partial charge in [-0.2, -0.15) is 0 Å². The maximum absolute atomic E-state index is 4.54. The third-order valence-corrected chi connectivity index (χ3v) is 2.89. The van der Waals surface area contributed by atoms with Crippen molar-refractivity contribution in [3.05, 3.63) is 29.1 Å². The van der Waals surface area contributed by atoms with Crippen molar-refractivity contribution in [2.24, 2.45) is 0 Å². The average molecular weight is 190 g/mol. The van der Waals surface area contributed by atoms with Gasteiger partial charge < -0.3 is 5.32 Å². The minimum absolute atomic E-state index is 1.04. The zero-order valence-corrected chi connectivity index (χ0v) is 8.84. The molecule has 14 heavy (non-hydrogen) atoms. The van der Waals surface area contributed by atoms with Crippen LogP contribution >= 0.6 is 0 Å². The van der Waals surface area contributed by atoms with Crippen molar-refractivity contribution in [3.8, 4) is 0 Å². The van der Waals surface area contributed by atoms with Gasteiger partial charge in [-0.05, 0) is 56.8 Å². The van der Waals surface area contributed by atoms with E-state index >= 15 is 0 Å². The van der Waals surface area contributed by atoms with Crippen molar-refractivity contribution in [1.82, 2.24) is 10.3 Å². The third kappa shape index (κ3) is 2.13. The molecule has 1 heterocycles. The number of hydrogen-bond acceptors (Lipinski definition) is 2. The first-order valence-corrected chi connectivity index (χ1v) is 5.51. The van der Waals surface area contributed by atoms with Crippen LogP contribution in [-0.4, -0.2) is 18.6 Å². The first-order valence-electron chi connectivity index (χ1n) is 5.51. The van der Waals surface area contributed by atoms with Gasteiger partial charge in [-0.25, -0.2) is 0 Å². The van der Waals surface area contributed by atoms with Crippen molar-refractivity contribution in [3.63, 3.8) is 0 Å². The summed E-state index contributed by atoms with van der Waals surface area (Å²) < 4.78 is 0. The smallest absolute Gasteiger partial charge is 0.0435 e. The molecule has 0 unspecified atom stereocenters. The Morgan fingerprint density at radius 1 is 1.36 bits per heavy atom. The normalized spacial score (nSPS) is 15.2. The Bertz CT molecular complexity index is 307. The summed E-state index contributed by atoms with van der Waals surface area (Å²) in [5.41, 5.74) is 4.20. The fraction of sp³-hybridized carbons (Fsp3) is 0.583. The molecule has 1 aromatic rings. The summed E-state index contributed by atoms with van der Waals surface area (Å²) in [6, 6.07) is 2.35. The van der Waals surface area contributed by atoms with Crippen LogP contribution < -0.4 is 5.32 Å². The molecule has 1 aromatic heterocycles. The van der Waals surface area contributed by atoms with Gasteiger partial charge >= 0.3 is 0 Å². The predicted octanol–water partition coefficient (Wildman–Crippen LogP) is 1.72. The standard InChI is InChI=1S/C12H18N2/c1-13-7-6-10-8-11-4-2-3-5-12(11)14-9-10/h8-9,13H,2-7H2,1H3. The van der Waals surface area contributed by atoms with Crippen molar-refractivity contribution in [1.29, 1.82) is 0 Å². The second kappa shape index (κ2) is 4.56. The molecule has 0 aromatic carbocycles. The Kier molecular flexibility index (Phi) is 3.14. The number of fused-ring (bicyclic) bond motifs is 1. The van der Waals surface area contributed by atoms with Gasteiger partial charge in [-0.1, -0.05) is 6.07 Å². The predicted molar refractivity (Wildman–Crippen MR) is 58.5 cm³/mol. The van der Waals surface area contributed by atoms with Gasteiger partial charge in [-0.3, -0.25) is 4.98 Å². The maximum atomic E-state index is 4.54. The van der Waals surface area contributed by atoms with E-state index < -0.39 is 0 Å². The van der Waals surface area contributed by atoms with Crippen LogP contribution in [0.3, 0.4) is 0 Å². The van der Waals surface area contributed by atoms with Crippen LogP contribution in [0, 0.1) is 0 Å². The van der Waals surface area contributed by atoms with Crippen molar-refractivity contribution < 1.29 is 0 Å². The minimum atomic E-state index is 1.04. The Hall–Kier alpha value is -0.890. The number of nitrogens with one attached hydrogen (secondary N) is 1. The van der Waals surface area contributed by atoms with E-state index in [0.29, 0.717) is 0 Å². The fourth-order valence-electron chi connectivity index (χ4n) is 2.04. The molecular weight excluding hydrogens is 172 g/mol. The number of likely N-dealkylation sites (N-methyl/N-ethyl adjacent to an activating group) is 1. The van der Waals surface area contributed by atoms with E-state index in [1.165, 1.54) is 42.5 Å². The Morgan fingerprint density at radius 2 is 2.21 bits per heavy atom. The van der Waals surface area contributed by atoms with E-state index in [1.54, 1.807) is 0 Å². The van der Waals surface area contributed by atoms with Crippen molar-refractivity contribution >= 4 is 0 Å². The van der Waals surface area contributed by atoms with Gasteiger partial charge in [0.2, 0.25) is 0 Å². The molecular formula is C12H18N2. The maximum Gasteiger partial charge on any atom is 0.0435 e. The summed E-state index contributed by atoms with van der Waals surface area (Å²) in [6.45, 7) is 1.04. The molecule has 2 heteroatoms. The lowest BCUT2D eigenvalue weighted by Gasteiger charge is -2.15. The summed E-state index contributed by atoms with van der Waals surface area (Å²) >= 11 is 0. The number of pyridine rings is 1. The molecule has 2 nitrogen and oxygen atoms in total. The number of rotatable bonds is 3. The van der Waals surface area contributed by atoms with Crippen molar-refractivity contribution in [2.45, 2.75) is 32.1 Å². The van der Waals surface area contributed by atoms with Crippen molar-refractivity contribution in [2.75, 3.05) is 13.6 Å². The molecule has 0 amide bonds. The van der Waals surface area contributed by atoms with Crippen LogP contribution in [0.15, 0.2) is 12.3 Å². The van der Waals surface area contributed by atoms with Crippen LogP contribution in [0.25, 0.3) is 0 Å². The summed E-state index contributed by atoms with van der Waals surface area (Å²) in [5.74, 6) is 0. The van der Waals surface area contributed by atoms with E-state index in [0.717, 1.165) is 13.0 Å². The van der Waals surface area contributed by atoms with Gasteiger partial charge in [0.15, 0.2) is 0 Å². The molecule has 0 saturated carbocycles. The molecule has 0 spiro atoms. The Morgan fingerprint density at radius 3 is 3.07 bits per heavy atom. The summed E-state index contributed by atoms with van der Waals surface area (Å²) in [4.78, 5) is 4.54. The lowest BCUT2D eigenvalue weighted by Crippen LogP contribution is -2.12. The highest BCUT2D eigenvalue weighted by molar-refractivity contribution is 5.27. The number of nitrogens with zero attached hydrogens (tertiary/aromatic N) is 1. The average Bonchev–Trinajstić information content (AvgIpc) is 2.26. The fourth-order valence-corrected chi connectivity index (χ4v) is 2.04. The van der Waals surface area contributed by atoms with Gasteiger partial charge in [0, 0.05) is 11.9 Å². The molecule has 1 aliphatic rings. The second-order valence-electron chi connectivity index (χ2n) is 4.01. The van der Waals surface area contributed by atoms with Gasteiger partial charge in [0.05, 0.1) is 0 Å². The summed E-state index contributed by atoms with van der Waals surface area (Å²) in [5, 5.41) is 3.17. The molecule has 0 bridgehead atoms.